The molecule has 0 fully saturated rings. The van der Waals surface area contributed by atoms with Crippen molar-refractivity contribution in [2.45, 2.75) is 6.54 Å². The Balaban J connectivity index is 1.71. The second-order valence-corrected chi connectivity index (χ2v) is 5.16. The van der Waals surface area contributed by atoms with Gasteiger partial charge in [0, 0.05) is 23.3 Å². The largest absolute Gasteiger partial charge is 0.328 e. The van der Waals surface area contributed by atoms with Crippen molar-refractivity contribution in [1.82, 2.24) is 14.5 Å². The van der Waals surface area contributed by atoms with Crippen molar-refractivity contribution in [2.75, 3.05) is 5.32 Å². The van der Waals surface area contributed by atoms with Crippen LogP contribution in [0.1, 0.15) is 0 Å². The molecule has 0 saturated heterocycles. The van der Waals surface area contributed by atoms with Crippen LogP contribution in [0.15, 0.2) is 48.4 Å². The van der Waals surface area contributed by atoms with Gasteiger partial charge in [-0.3, -0.25) is 4.79 Å². The molecule has 0 aliphatic rings. The van der Waals surface area contributed by atoms with E-state index in [0.717, 1.165) is 0 Å². The van der Waals surface area contributed by atoms with E-state index >= 15 is 0 Å². The summed E-state index contributed by atoms with van der Waals surface area (Å²) in [5.41, 5.74) is 0.930. The second kappa shape index (κ2) is 5.84. The Morgan fingerprint density at radius 3 is 3.00 bits per heavy atom. The van der Waals surface area contributed by atoms with Gasteiger partial charge in [0.25, 0.3) is 0 Å². The average Bonchev–Trinajstić information content (AvgIpc) is 3.11. The number of nitrogens with zero attached hydrogens (tertiary/aromatic N) is 3. The molecule has 0 unspecified atom stereocenters. The number of imidazole rings is 1. The van der Waals surface area contributed by atoms with Crippen LogP contribution in [-0.4, -0.2) is 20.4 Å². The molecule has 0 radical (unpaired) electrons. The number of anilines is 1. The van der Waals surface area contributed by atoms with Gasteiger partial charge in [0.15, 0.2) is 5.13 Å². The summed E-state index contributed by atoms with van der Waals surface area (Å²) in [6.07, 6.45) is 4.87. The Bertz CT molecular complexity index is 754. The summed E-state index contributed by atoms with van der Waals surface area (Å²) in [7, 11) is 0. The van der Waals surface area contributed by atoms with Gasteiger partial charge in [0.2, 0.25) is 5.91 Å². The van der Waals surface area contributed by atoms with Crippen molar-refractivity contribution in [3.8, 4) is 11.3 Å². The highest BCUT2D eigenvalue weighted by Crippen LogP contribution is 2.26. The number of rotatable bonds is 4. The van der Waals surface area contributed by atoms with E-state index in [-0.39, 0.29) is 18.3 Å². The lowest BCUT2D eigenvalue weighted by atomic mass is 10.2. The van der Waals surface area contributed by atoms with Crippen molar-refractivity contribution < 1.29 is 9.18 Å². The fourth-order valence-corrected chi connectivity index (χ4v) is 2.56. The second-order valence-electron chi connectivity index (χ2n) is 4.30. The summed E-state index contributed by atoms with van der Waals surface area (Å²) in [6, 6.07) is 6.40. The smallest absolute Gasteiger partial charge is 0.246 e. The van der Waals surface area contributed by atoms with Crippen LogP contribution in [-0.2, 0) is 11.3 Å². The Morgan fingerprint density at radius 2 is 2.24 bits per heavy atom. The number of halogens is 1. The number of aromatic nitrogens is 3. The Hall–Kier alpha value is -2.54. The molecule has 1 N–H and O–H groups in total. The summed E-state index contributed by atoms with van der Waals surface area (Å²) >= 11 is 1.26. The zero-order valence-corrected chi connectivity index (χ0v) is 11.7. The molecule has 2 heterocycles. The third-order valence-electron chi connectivity index (χ3n) is 2.79. The van der Waals surface area contributed by atoms with Crippen molar-refractivity contribution in [2.24, 2.45) is 0 Å². The predicted molar refractivity (Wildman–Crippen MR) is 78.4 cm³/mol. The molecule has 106 valence electrons. The molecule has 7 heteroatoms. The highest BCUT2D eigenvalue weighted by atomic mass is 32.1. The molecule has 5 nitrogen and oxygen atoms in total. The molecular formula is C14H11FN4OS. The monoisotopic (exact) mass is 302 g/mol. The molecule has 21 heavy (non-hydrogen) atoms. The van der Waals surface area contributed by atoms with Crippen LogP contribution in [0.2, 0.25) is 0 Å². The lowest BCUT2D eigenvalue weighted by Crippen LogP contribution is -2.17. The highest BCUT2D eigenvalue weighted by molar-refractivity contribution is 7.14. The van der Waals surface area contributed by atoms with Gasteiger partial charge in [0.1, 0.15) is 12.4 Å². The standard InChI is InChI=1S/C14H11FN4OS/c15-11-4-2-1-3-10(11)12-8-21-14(17-12)18-13(20)7-19-6-5-16-9-19/h1-6,8-9H,7H2,(H,17,18,20). The number of nitrogens with one attached hydrogen (secondary N) is 1. The van der Waals surface area contributed by atoms with Crippen molar-refractivity contribution >= 4 is 22.4 Å². The average molecular weight is 302 g/mol. The first kappa shape index (κ1) is 13.4. The SMILES string of the molecule is O=C(Cn1ccnc1)Nc1nc(-c2ccccc2F)cs1. The first-order chi connectivity index (χ1) is 10.2. The fourth-order valence-electron chi connectivity index (χ4n) is 1.83. The van der Waals surface area contributed by atoms with E-state index in [2.05, 4.69) is 15.3 Å². The molecule has 0 bridgehead atoms. The molecule has 0 aliphatic carbocycles. The van der Waals surface area contributed by atoms with E-state index in [1.807, 2.05) is 0 Å². The molecule has 3 aromatic rings. The maximum Gasteiger partial charge on any atom is 0.246 e. The lowest BCUT2D eigenvalue weighted by molar-refractivity contribution is -0.116. The number of hydrogen-bond donors (Lipinski definition) is 1. The number of hydrogen-bond acceptors (Lipinski definition) is 4. The minimum atomic E-state index is -0.334. The highest BCUT2D eigenvalue weighted by Gasteiger charge is 2.10. The Labute approximate surface area is 124 Å². The Kier molecular flexibility index (Phi) is 3.74. The van der Waals surface area contributed by atoms with Gasteiger partial charge in [-0.1, -0.05) is 12.1 Å². The molecule has 1 aromatic carbocycles. The van der Waals surface area contributed by atoms with Crippen LogP contribution in [0.4, 0.5) is 9.52 Å². The maximum atomic E-state index is 13.7. The van der Waals surface area contributed by atoms with Gasteiger partial charge in [-0.15, -0.1) is 11.3 Å². The third kappa shape index (κ3) is 3.14. The van der Waals surface area contributed by atoms with Crippen LogP contribution in [0.25, 0.3) is 11.3 Å². The van der Waals surface area contributed by atoms with Crippen LogP contribution in [0.3, 0.4) is 0 Å². The van der Waals surface area contributed by atoms with E-state index in [9.17, 15) is 9.18 Å². The summed E-state index contributed by atoms with van der Waals surface area (Å²) in [4.78, 5) is 19.9. The number of benzene rings is 1. The van der Waals surface area contributed by atoms with E-state index < -0.39 is 0 Å². The molecule has 0 spiro atoms. The summed E-state index contributed by atoms with van der Waals surface area (Å²) in [5.74, 6) is -0.540. The first-order valence-electron chi connectivity index (χ1n) is 6.18. The zero-order chi connectivity index (χ0) is 14.7. The Morgan fingerprint density at radius 1 is 1.38 bits per heavy atom. The van der Waals surface area contributed by atoms with Gasteiger partial charge < -0.3 is 9.88 Å². The van der Waals surface area contributed by atoms with Crippen molar-refractivity contribution in [1.29, 1.82) is 0 Å². The summed E-state index contributed by atoms with van der Waals surface area (Å²) in [6.45, 7) is 0.161. The minimum absolute atomic E-state index is 0.161. The van der Waals surface area contributed by atoms with Crippen LogP contribution in [0, 0.1) is 5.82 Å². The minimum Gasteiger partial charge on any atom is -0.328 e. The van der Waals surface area contributed by atoms with Crippen LogP contribution in [0.5, 0.6) is 0 Å². The summed E-state index contributed by atoms with van der Waals surface area (Å²) in [5, 5.41) is 4.84. The molecule has 3 rings (SSSR count). The molecule has 0 saturated carbocycles. The van der Waals surface area contributed by atoms with Gasteiger partial charge >= 0.3 is 0 Å². The number of carbonyl (C=O) groups excluding carboxylic acids is 1. The quantitative estimate of drug-likeness (QED) is 0.806. The molecule has 1 amide bonds. The molecular weight excluding hydrogens is 291 g/mol. The molecule has 0 atom stereocenters. The van der Waals surface area contributed by atoms with Crippen molar-refractivity contribution in [3.63, 3.8) is 0 Å². The van der Waals surface area contributed by atoms with Gasteiger partial charge in [-0.25, -0.2) is 14.4 Å². The number of thiazole rings is 1. The number of amides is 1. The number of carbonyl (C=O) groups is 1. The maximum absolute atomic E-state index is 13.7. The molecule has 2 aromatic heterocycles. The van der Waals surface area contributed by atoms with Crippen LogP contribution >= 0.6 is 11.3 Å². The third-order valence-corrected chi connectivity index (χ3v) is 3.54. The predicted octanol–water partition coefficient (Wildman–Crippen LogP) is 2.78. The summed E-state index contributed by atoms with van der Waals surface area (Å²) < 4.78 is 15.3. The topological polar surface area (TPSA) is 59.8 Å². The van der Waals surface area contributed by atoms with Crippen molar-refractivity contribution in [3.05, 3.63) is 54.2 Å². The van der Waals surface area contributed by atoms with Gasteiger partial charge in [-0.2, -0.15) is 0 Å². The lowest BCUT2D eigenvalue weighted by Gasteiger charge is -2.02. The van der Waals surface area contributed by atoms with Gasteiger partial charge in [0.05, 0.1) is 12.0 Å². The van der Waals surface area contributed by atoms with E-state index in [4.69, 9.17) is 0 Å². The van der Waals surface area contributed by atoms with Crippen LogP contribution < -0.4 is 5.32 Å². The fraction of sp³-hybridized carbons (Fsp3) is 0.0714. The zero-order valence-electron chi connectivity index (χ0n) is 10.9. The van der Waals surface area contributed by atoms with E-state index in [1.54, 1.807) is 46.9 Å². The van der Waals surface area contributed by atoms with Gasteiger partial charge in [-0.05, 0) is 12.1 Å². The normalized spacial score (nSPS) is 10.5. The van der Waals surface area contributed by atoms with E-state index in [1.165, 1.54) is 17.4 Å². The van der Waals surface area contributed by atoms with E-state index in [0.29, 0.717) is 16.4 Å². The first-order valence-corrected chi connectivity index (χ1v) is 7.06. The molecule has 0 aliphatic heterocycles.